The first kappa shape index (κ1) is 14.5. The number of fused-ring (bicyclic) bond motifs is 1. The fraction of sp³-hybridized carbons (Fsp3) is 0.188. The molecular weight excluding hydrogens is 357 g/mol. The maximum Gasteiger partial charge on any atom is 0.224 e. The number of aryl methyl sites for hydroxylation is 1. The number of carbonyl (C=O) groups excluding carboxylic acids is 1. The van der Waals surface area contributed by atoms with Gasteiger partial charge in [-0.3, -0.25) is 4.79 Å². The Morgan fingerprint density at radius 2 is 2.05 bits per heavy atom. The molecule has 1 atom stereocenters. The molecule has 108 valence electrons. The van der Waals surface area contributed by atoms with Crippen LogP contribution in [-0.2, 0) is 11.2 Å². The predicted molar refractivity (Wildman–Crippen MR) is 85.6 cm³/mol. The summed E-state index contributed by atoms with van der Waals surface area (Å²) in [6.07, 6.45) is 1.17. The van der Waals surface area contributed by atoms with Gasteiger partial charge in [0.25, 0.3) is 0 Å². The number of anilines is 1. The zero-order valence-corrected chi connectivity index (χ0v) is 13.3. The number of amides is 1. The molecule has 0 saturated heterocycles. The molecule has 1 aliphatic rings. The zero-order chi connectivity index (χ0) is 15.0. The topological polar surface area (TPSA) is 29.1 Å². The van der Waals surface area contributed by atoms with E-state index in [4.69, 9.17) is 11.6 Å². The highest BCUT2D eigenvalue weighted by Crippen LogP contribution is 2.38. The van der Waals surface area contributed by atoms with Gasteiger partial charge in [0.1, 0.15) is 5.82 Å². The van der Waals surface area contributed by atoms with Crippen molar-refractivity contribution >= 4 is 39.1 Å². The fourth-order valence-corrected chi connectivity index (χ4v) is 3.63. The third kappa shape index (κ3) is 2.83. The van der Waals surface area contributed by atoms with Gasteiger partial charge < -0.3 is 5.32 Å². The van der Waals surface area contributed by atoms with Gasteiger partial charge in [-0.05, 0) is 35.7 Å². The number of halogens is 3. The summed E-state index contributed by atoms with van der Waals surface area (Å²) in [5, 5.41) is 3.23. The van der Waals surface area contributed by atoms with Gasteiger partial charge in [-0.25, -0.2) is 4.39 Å². The second-order valence-electron chi connectivity index (χ2n) is 4.96. The molecule has 0 saturated carbocycles. The quantitative estimate of drug-likeness (QED) is 0.755. The van der Waals surface area contributed by atoms with Crippen molar-refractivity contribution in [3.8, 4) is 0 Å². The van der Waals surface area contributed by atoms with Crippen molar-refractivity contribution in [2.45, 2.75) is 17.7 Å². The molecule has 0 aliphatic carbocycles. The fourth-order valence-electron chi connectivity index (χ4n) is 2.48. The summed E-state index contributed by atoms with van der Waals surface area (Å²) >= 11 is 9.63. The van der Waals surface area contributed by atoms with Gasteiger partial charge in [-0.2, -0.15) is 0 Å². The zero-order valence-electron chi connectivity index (χ0n) is 11.0. The third-order valence-electron chi connectivity index (χ3n) is 3.57. The summed E-state index contributed by atoms with van der Waals surface area (Å²) < 4.78 is 14.0. The van der Waals surface area contributed by atoms with E-state index in [2.05, 4.69) is 21.2 Å². The molecule has 0 aromatic heterocycles. The van der Waals surface area contributed by atoms with E-state index in [-0.39, 0.29) is 16.6 Å². The van der Waals surface area contributed by atoms with Gasteiger partial charge in [0.15, 0.2) is 0 Å². The first-order valence-corrected chi connectivity index (χ1v) is 7.86. The summed E-state index contributed by atoms with van der Waals surface area (Å²) in [7, 11) is 0. The Balaban J connectivity index is 1.99. The van der Waals surface area contributed by atoms with E-state index < -0.39 is 0 Å². The van der Waals surface area contributed by atoms with Gasteiger partial charge in [0.05, 0.1) is 4.83 Å². The Bertz CT molecular complexity index is 699. The number of nitrogens with one attached hydrogen (secondary N) is 1. The molecule has 0 bridgehead atoms. The van der Waals surface area contributed by atoms with Crippen molar-refractivity contribution in [3.05, 3.63) is 63.9 Å². The first-order valence-electron chi connectivity index (χ1n) is 6.57. The van der Waals surface area contributed by atoms with Crippen molar-refractivity contribution in [1.29, 1.82) is 0 Å². The van der Waals surface area contributed by atoms with E-state index in [9.17, 15) is 9.18 Å². The molecule has 1 amide bonds. The van der Waals surface area contributed by atoms with Crippen LogP contribution in [0.3, 0.4) is 0 Å². The van der Waals surface area contributed by atoms with E-state index in [1.807, 2.05) is 18.2 Å². The van der Waals surface area contributed by atoms with Crippen LogP contribution in [0.25, 0.3) is 0 Å². The number of benzene rings is 2. The van der Waals surface area contributed by atoms with Gasteiger partial charge in [0, 0.05) is 22.7 Å². The highest BCUT2D eigenvalue weighted by molar-refractivity contribution is 9.09. The Hall–Kier alpha value is -1.39. The van der Waals surface area contributed by atoms with Crippen LogP contribution in [0, 0.1) is 5.82 Å². The molecule has 21 heavy (non-hydrogen) atoms. The smallest absolute Gasteiger partial charge is 0.224 e. The highest BCUT2D eigenvalue weighted by Gasteiger charge is 2.21. The minimum Gasteiger partial charge on any atom is -0.326 e. The van der Waals surface area contributed by atoms with Gasteiger partial charge in [-0.1, -0.05) is 45.7 Å². The Labute approximate surface area is 135 Å². The largest absolute Gasteiger partial charge is 0.326 e. The number of hydrogen-bond donors (Lipinski definition) is 1. The van der Waals surface area contributed by atoms with Crippen molar-refractivity contribution in [2.75, 3.05) is 5.32 Å². The molecule has 3 rings (SSSR count). The van der Waals surface area contributed by atoms with Crippen LogP contribution in [0.5, 0.6) is 0 Å². The number of rotatable bonds is 2. The Kier molecular flexibility index (Phi) is 4.00. The predicted octanol–water partition coefficient (Wildman–Crippen LogP) is 4.85. The molecular formula is C16H12BrClFNO. The highest BCUT2D eigenvalue weighted by atomic mass is 79.9. The lowest BCUT2D eigenvalue weighted by atomic mass is 9.97. The van der Waals surface area contributed by atoms with Crippen LogP contribution in [0.15, 0.2) is 36.4 Å². The van der Waals surface area contributed by atoms with Gasteiger partial charge >= 0.3 is 0 Å². The van der Waals surface area contributed by atoms with E-state index in [0.29, 0.717) is 23.4 Å². The molecule has 0 fully saturated rings. The molecule has 5 heteroatoms. The lowest BCUT2D eigenvalue weighted by Crippen LogP contribution is -2.19. The summed E-state index contributed by atoms with van der Waals surface area (Å²) in [4.78, 5) is 11.0. The van der Waals surface area contributed by atoms with Crippen LogP contribution in [0.1, 0.15) is 27.9 Å². The molecule has 2 aromatic rings. The monoisotopic (exact) mass is 367 g/mol. The first-order chi connectivity index (χ1) is 10.1. The van der Waals surface area contributed by atoms with E-state index in [0.717, 1.165) is 16.8 Å². The number of hydrogen-bond acceptors (Lipinski definition) is 1. The summed E-state index contributed by atoms with van der Waals surface area (Å²) in [6.45, 7) is 0. The maximum atomic E-state index is 14.0. The van der Waals surface area contributed by atoms with E-state index in [1.165, 1.54) is 6.07 Å². The van der Waals surface area contributed by atoms with E-state index >= 15 is 0 Å². The minimum absolute atomic E-state index is 0.0304. The summed E-state index contributed by atoms with van der Waals surface area (Å²) in [5.74, 6) is -0.307. The second kappa shape index (κ2) is 5.78. The molecule has 2 aromatic carbocycles. The number of carbonyl (C=O) groups is 1. The van der Waals surface area contributed by atoms with Crippen molar-refractivity contribution in [1.82, 2.24) is 0 Å². The number of alkyl halides is 1. The van der Waals surface area contributed by atoms with Gasteiger partial charge in [-0.15, -0.1) is 0 Å². The van der Waals surface area contributed by atoms with E-state index in [1.54, 1.807) is 12.1 Å². The molecule has 1 aliphatic heterocycles. The Morgan fingerprint density at radius 1 is 1.24 bits per heavy atom. The SMILES string of the molecule is O=C1CCc2cc(C(Br)c3c(F)cccc3Cl)ccc2N1. The summed E-state index contributed by atoms with van der Waals surface area (Å²) in [5.41, 5.74) is 3.23. The van der Waals surface area contributed by atoms with Crippen LogP contribution in [0.4, 0.5) is 10.1 Å². The molecule has 0 radical (unpaired) electrons. The van der Waals surface area contributed by atoms with Crippen molar-refractivity contribution in [3.63, 3.8) is 0 Å². The lowest BCUT2D eigenvalue weighted by molar-refractivity contribution is -0.116. The molecule has 2 nitrogen and oxygen atoms in total. The maximum absolute atomic E-state index is 14.0. The van der Waals surface area contributed by atoms with Crippen molar-refractivity contribution in [2.24, 2.45) is 0 Å². The third-order valence-corrected chi connectivity index (χ3v) is 4.89. The lowest BCUT2D eigenvalue weighted by Gasteiger charge is -2.20. The molecule has 1 unspecified atom stereocenters. The Morgan fingerprint density at radius 3 is 2.81 bits per heavy atom. The van der Waals surface area contributed by atoms with Crippen LogP contribution >= 0.6 is 27.5 Å². The molecule has 1 N–H and O–H groups in total. The van der Waals surface area contributed by atoms with Crippen LogP contribution in [-0.4, -0.2) is 5.91 Å². The molecule has 0 spiro atoms. The second-order valence-corrected chi connectivity index (χ2v) is 6.29. The normalized spacial score (nSPS) is 15.3. The molecule has 1 heterocycles. The summed E-state index contributed by atoms with van der Waals surface area (Å²) in [6, 6.07) is 10.4. The van der Waals surface area contributed by atoms with Crippen LogP contribution < -0.4 is 5.32 Å². The average molecular weight is 369 g/mol. The van der Waals surface area contributed by atoms with Gasteiger partial charge in [0.2, 0.25) is 5.91 Å². The average Bonchev–Trinajstić information content (AvgIpc) is 2.46. The van der Waals surface area contributed by atoms with Crippen molar-refractivity contribution < 1.29 is 9.18 Å². The minimum atomic E-state index is -0.338. The standard InChI is InChI=1S/C16H12BrClFNO/c17-16(15-11(18)2-1-3-12(15)19)10-4-6-13-9(8-10)5-7-14(21)20-13/h1-4,6,8,16H,5,7H2,(H,20,21). The van der Waals surface area contributed by atoms with Crippen LogP contribution in [0.2, 0.25) is 5.02 Å².